The summed E-state index contributed by atoms with van der Waals surface area (Å²) in [5.41, 5.74) is -0.0641. The number of aromatic nitrogens is 2. The van der Waals surface area contributed by atoms with Crippen LogP contribution in [0.2, 0.25) is 0 Å². The molecular formula is C16H18N6O4S. The number of piperazine rings is 1. The van der Waals surface area contributed by atoms with Gasteiger partial charge in [-0.1, -0.05) is 0 Å². The van der Waals surface area contributed by atoms with Crippen molar-refractivity contribution in [2.75, 3.05) is 54.2 Å². The molecule has 0 spiro atoms. The van der Waals surface area contributed by atoms with Gasteiger partial charge in [-0.25, -0.2) is 9.97 Å². The van der Waals surface area contributed by atoms with Gasteiger partial charge in [0.25, 0.3) is 5.91 Å². The summed E-state index contributed by atoms with van der Waals surface area (Å²) in [6.45, 7) is 2.52. The maximum atomic E-state index is 12.4. The minimum atomic E-state index is -0.409. The number of furan rings is 1. The second kappa shape index (κ2) is 7.43. The molecule has 4 heterocycles. The first-order valence-electron chi connectivity index (χ1n) is 8.55. The van der Waals surface area contributed by atoms with Gasteiger partial charge in [-0.2, -0.15) is 0 Å². The number of thioether (sulfide) groups is 1. The van der Waals surface area contributed by atoms with E-state index in [9.17, 15) is 14.9 Å². The molecule has 0 N–H and O–H groups in total. The van der Waals surface area contributed by atoms with Crippen molar-refractivity contribution in [1.29, 1.82) is 0 Å². The largest absolute Gasteiger partial charge is 0.459 e. The highest BCUT2D eigenvalue weighted by molar-refractivity contribution is 7.99. The van der Waals surface area contributed by atoms with Crippen LogP contribution in [-0.2, 0) is 0 Å². The summed E-state index contributed by atoms with van der Waals surface area (Å²) in [4.78, 5) is 37.5. The molecule has 2 aliphatic heterocycles. The lowest BCUT2D eigenvalue weighted by Crippen LogP contribution is -2.49. The zero-order chi connectivity index (χ0) is 18.8. The third-order valence-electron chi connectivity index (χ3n) is 4.62. The third kappa shape index (κ3) is 3.42. The van der Waals surface area contributed by atoms with E-state index < -0.39 is 4.92 Å². The highest BCUT2D eigenvalue weighted by Gasteiger charge is 2.33. The van der Waals surface area contributed by atoms with E-state index in [1.807, 2.05) is 9.80 Å². The molecule has 2 saturated heterocycles. The molecule has 142 valence electrons. The van der Waals surface area contributed by atoms with Gasteiger partial charge < -0.3 is 19.1 Å². The first-order chi connectivity index (χ1) is 13.1. The molecule has 0 radical (unpaired) electrons. The number of amides is 1. The summed E-state index contributed by atoms with van der Waals surface area (Å²) in [5.74, 6) is 2.40. The van der Waals surface area contributed by atoms with Gasteiger partial charge in [-0.15, -0.1) is 11.8 Å². The second-order valence-corrected chi connectivity index (χ2v) is 7.26. The van der Waals surface area contributed by atoms with Gasteiger partial charge in [0.15, 0.2) is 5.76 Å². The van der Waals surface area contributed by atoms with E-state index in [0.717, 1.165) is 12.3 Å². The van der Waals surface area contributed by atoms with E-state index in [1.165, 1.54) is 12.6 Å². The number of hydrogen-bond donors (Lipinski definition) is 0. The standard InChI is InChI=1S/C16H18N6O4S/c23-16(12-2-1-8-26-12)20-5-3-19(4-6-20)14-13(22(24)25)15(18-10-17-14)21-7-9-27-11-21/h1-2,8,10H,3-7,9,11H2. The Morgan fingerprint density at radius 2 is 1.89 bits per heavy atom. The van der Waals surface area contributed by atoms with Gasteiger partial charge in [-0.05, 0) is 12.1 Å². The predicted octanol–water partition coefficient (Wildman–Crippen LogP) is 1.45. The van der Waals surface area contributed by atoms with E-state index in [2.05, 4.69) is 9.97 Å². The molecule has 0 aromatic carbocycles. The maximum Gasteiger partial charge on any atom is 0.353 e. The van der Waals surface area contributed by atoms with E-state index in [1.54, 1.807) is 28.8 Å². The lowest BCUT2D eigenvalue weighted by Gasteiger charge is -2.34. The molecule has 0 aliphatic carbocycles. The van der Waals surface area contributed by atoms with Crippen LogP contribution in [0.25, 0.3) is 0 Å². The third-order valence-corrected chi connectivity index (χ3v) is 5.58. The Labute approximate surface area is 159 Å². The summed E-state index contributed by atoms with van der Waals surface area (Å²) in [7, 11) is 0. The van der Waals surface area contributed by atoms with Crippen molar-refractivity contribution in [3.8, 4) is 0 Å². The minimum absolute atomic E-state index is 0.0641. The summed E-state index contributed by atoms with van der Waals surface area (Å²) >= 11 is 1.72. The van der Waals surface area contributed by atoms with Crippen LogP contribution in [0.15, 0.2) is 29.1 Å². The lowest BCUT2D eigenvalue weighted by atomic mass is 10.2. The minimum Gasteiger partial charge on any atom is -0.459 e. The molecule has 0 bridgehead atoms. The van der Waals surface area contributed by atoms with Crippen LogP contribution >= 0.6 is 11.8 Å². The fraction of sp³-hybridized carbons (Fsp3) is 0.438. The van der Waals surface area contributed by atoms with Crippen molar-refractivity contribution in [2.45, 2.75) is 0 Å². The smallest absolute Gasteiger partial charge is 0.353 e. The Kier molecular flexibility index (Phi) is 4.84. The highest BCUT2D eigenvalue weighted by atomic mass is 32.2. The Balaban J connectivity index is 1.53. The monoisotopic (exact) mass is 390 g/mol. The molecule has 2 aromatic rings. The molecule has 27 heavy (non-hydrogen) atoms. The fourth-order valence-electron chi connectivity index (χ4n) is 3.25. The zero-order valence-electron chi connectivity index (χ0n) is 14.5. The van der Waals surface area contributed by atoms with Crippen molar-refractivity contribution < 1.29 is 14.1 Å². The average Bonchev–Trinajstić information content (AvgIpc) is 3.40. The SMILES string of the molecule is O=C(c1ccco1)N1CCN(c2ncnc(N3CCSC3)c2[N+](=O)[O-])CC1. The number of carbonyl (C=O) groups excluding carboxylic acids is 1. The first-order valence-corrected chi connectivity index (χ1v) is 9.70. The van der Waals surface area contributed by atoms with Crippen LogP contribution in [0, 0.1) is 10.1 Å². The molecule has 1 amide bonds. The maximum absolute atomic E-state index is 12.4. The summed E-state index contributed by atoms with van der Waals surface area (Å²) in [5, 5.41) is 11.8. The molecule has 10 nitrogen and oxygen atoms in total. The lowest BCUT2D eigenvalue weighted by molar-refractivity contribution is -0.383. The van der Waals surface area contributed by atoms with Crippen molar-refractivity contribution >= 4 is 35.0 Å². The summed E-state index contributed by atoms with van der Waals surface area (Å²) in [6, 6.07) is 3.30. The molecule has 2 aromatic heterocycles. The van der Waals surface area contributed by atoms with E-state index in [-0.39, 0.29) is 11.6 Å². The Morgan fingerprint density at radius 1 is 1.15 bits per heavy atom. The van der Waals surface area contributed by atoms with Crippen LogP contribution in [0.4, 0.5) is 17.3 Å². The normalized spacial score (nSPS) is 17.4. The Hall–Kier alpha value is -2.82. The number of nitrogens with zero attached hydrogens (tertiary/aromatic N) is 6. The summed E-state index contributed by atoms with van der Waals surface area (Å²) in [6.07, 6.45) is 2.84. The van der Waals surface area contributed by atoms with E-state index in [0.29, 0.717) is 49.5 Å². The highest BCUT2D eigenvalue weighted by Crippen LogP contribution is 2.36. The fourth-order valence-corrected chi connectivity index (χ4v) is 4.20. The van der Waals surface area contributed by atoms with E-state index in [4.69, 9.17) is 4.42 Å². The molecular weight excluding hydrogens is 372 g/mol. The Bertz CT molecular complexity index is 831. The van der Waals surface area contributed by atoms with Crippen LogP contribution in [0.1, 0.15) is 10.6 Å². The molecule has 2 aliphatic rings. The predicted molar refractivity (Wildman–Crippen MR) is 100 cm³/mol. The molecule has 0 atom stereocenters. The van der Waals surface area contributed by atoms with Gasteiger partial charge in [-0.3, -0.25) is 14.9 Å². The Morgan fingerprint density at radius 3 is 2.48 bits per heavy atom. The van der Waals surface area contributed by atoms with Crippen molar-refractivity contribution in [2.24, 2.45) is 0 Å². The van der Waals surface area contributed by atoms with Crippen molar-refractivity contribution in [3.05, 3.63) is 40.6 Å². The molecule has 0 saturated carbocycles. The van der Waals surface area contributed by atoms with Gasteiger partial charge in [0.05, 0.1) is 17.1 Å². The quantitative estimate of drug-likeness (QED) is 0.566. The van der Waals surface area contributed by atoms with Gasteiger partial charge in [0, 0.05) is 38.5 Å². The van der Waals surface area contributed by atoms with Gasteiger partial charge >= 0.3 is 5.69 Å². The van der Waals surface area contributed by atoms with Crippen molar-refractivity contribution in [3.63, 3.8) is 0 Å². The number of hydrogen-bond acceptors (Lipinski definition) is 9. The number of nitro groups is 1. The molecule has 0 unspecified atom stereocenters. The first kappa shape index (κ1) is 17.6. The molecule has 11 heteroatoms. The van der Waals surface area contributed by atoms with Crippen LogP contribution in [0.3, 0.4) is 0 Å². The van der Waals surface area contributed by atoms with E-state index >= 15 is 0 Å². The number of carbonyl (C=O) groups is 1. The molecule has 4 rings (SSSR count). The zero-order valence-corrected chi connectivity index (χ0v) is 15.3. The van der Waals surface area contributed by atoms with Gasteiger partial charge in [0.1, 0.15) is 6.33 Å². The van der Waals surface area contributed by atoms with Crippen LogP contribution in [0.5, 0.6) is 0 Å². The number of anilines is 2. The van der Waals surface area contributed by atoms with Crippen molar-refractivity contribution in [1.82, 2.24) is 14.9 Å². The van der Waals surface area contributed by atoms with Gasteiger partial charge in [0.2, 0.25) is 11.6 Å². The van der Waals surface area contributed by atoms with Crippen LogP contribution in [-0.4, -0.2) is 70.1 Å². The number of rotatable bonds is 4. The van der Waals surface area contributed by atoms with Crippen LogP contribution < -0.4 is 9.80 Å². The molecule has 2 fully saturated rings. The topological polar surface area (TPSA) is 109 Å². The second-order valence-electron chi connectivity index (χ2n) is 6.18. The summed E-state index contributed by atoms with van der Waals surface area (Å²) < 4.78 is 5.16. The average molecular weight is 390 g/mol.